The van der Waals surface area contributed by atoms with Crippen molar-refractivity contribution in [2.75, 3.05) is 33.5 Å². The molecule has 0 aromatic heterocycles. The van der Waals surface area contributed by atoms with E-state index in [1.54, 1.807) is 18.2 Å². The van der Waals surface area contributed by atoms with Gasteiger partial charge < -0.3 is 24.6 Å². The molecular formula is C19H27NO6. The minimum absolute atomic E-state index is 0.0710. The lowest BCUT2D eigenvalue weighted by Crippen LogP contribution is -2.46. The first-order valence-corrected chi connectivity index (χ1v) is 8.92. The van der Waals surface area contributed by atoms with Gasteiger partial charge in [-0.2, -0.15) is 0 Å². The Hall–Kier alpha value is -2.28. The van der Waals surface area contributed by atoms with Crippen LogP contribution in [-0.2, 0) is 9.53 Å². The fraction of sp³-hybridized carbons (Fsp3) is 0.579. The van der Waals surface area contributed by atoms with Crippen molar-refractivity contribution in [2.45, 2.75) is 32.6 Å². The summed E-state index contributed by atoms with van der Waals surface area (Å²) in [5.74, 6) is -0.175. The lowest BCUT2D eigenvalue weighted by Gasteiger charge is -2.33. The van der Waals surface area contributed by atoms with E-state index in [1.165, 1.54) is 7.11 Å². The molecule has 1 aliphatic heterocycles. The third-order valence-electron chi connectivity index (χ3n) is 4.67. The Balaban J connectivity index is 2.03. The van der Waals surface area contributed by atoms with Gasteiger partial charge in [0.15, 0.2) is 11.5 Å². The second-order valence-electron chi connectivity index (χ2n) is 6.45. The first-order chi connectivity index (χ1) is 12.5. The van der Waals surface area contributed by atoms with E-state index in [2.05, 4.69) is 12.2 Å². The molecule has 2 rings (SSSR count). The lowest BCUT2D eigenvalue weighted by molar-refractivity contribution is -0.154. The number of nitrogens with one attached hydrogen (secondary N) is 1. The molecule has 0 saturated carbocycles. The van der Waals surface area contributed by atoms with Gasteiger partial charge in [0.05, 0.1) is 19.1 Å². The van der Waals surface area contributed by atoms with Gasteiger partial charge in [0.1, 0.15) is 0 Å². The van der Waals surface area contributed by atoms with Crippen molar-refractivity contribution in [2.24, 2.45) is 5.41 Å². The third kappa shape index (κ3) is 4.88. The third-order valence-corrected chi connectivity index (χ3v) is 4.67. The van der Waals surface area contributed by atoms with Crippen LogP contribution in [0, 0.1) is 5.41 Å². The van der Waals surface area contributed by atoms with Gasteiger partial charge >= 0.3 is 5.97 Å². The predicted molar refractivity (Wildman–Crippen MR) is 95.9 cm³/mol. The quantitative estimate of drug-likeness (QED) is 0.653. The van der Waals surface area contributed by atoms with Gasteiger partial charge in [0.2, 0.25) is 0 Å². The van der Waals surface area contributed by atoms with Gasteiger partial charge in [-0.15, -0.1) is 0 Å². The smallest absolute Gasteiger partial charge is 0.311 e. The van der Waals surface area contributed by atoms with Crippen LogP contribution in [0.3, 0.4) is 0 Å². The van der Waals surface area contributed by atoms with Gasteiger partial charge in [0.25, 0.3) is 5.91 Å². The largest absolute Gasteiger partial charge is 0.493 e. The number of hydrogen-bond donors (Lipinski definition) is 2. The zero-order chi connectivity index (χ0) is 19.0. The second-order valence-corrected chi connectivity index (χ2v) is 6.45. The highest BCUT2D eigenvalue weighted by atomic mass is 16.5. The van der Waals surface area contributed by atoms with Crippen LogP contribution in [0.5, 0.6) is 11.5 Å². The molecule has 1 saturated heterocycles. The number of hydrogen-bond acceptors (Lipinski definition) is 5. The van der Waals surface area contributed by atoms with Crippen LogP contribution in [0.4, 0.5) is 0 Å². The van der Waals surface area contributed by atoms with Crippen molar-refractivity contribution >= 4 is 11.9 Å². The Labute approximate surface area is 153 Å². The summed E-state index contributed by atoms with van der Waals surface area (Å²) in [5, 5.41) is 12.3. The van der Waals surface area contributed by atoms with Crippen molar-refractivity contribution in [1.29, 1.82) is 0 Å². The molecule has 7 nitrogen and oxygen atoms in total. The van der Waals surface area contributed by atoms with E-state index in [-0.39, 0.29) is 12.5 Å². The normalized spacial score (nSPS) is 15.9. The number of unbranched alkanes of at least 4 members (excludes halogenated alkanes) is 1. The van der Waals surface area contributed by atoms with Crippen molar-refractivity contribution in [3.8, 4) is 11.5 Å². The molecule has 1 fully saturated rings. The number of aliphatic carboxylic acids is 1. The maximum atomic E-state index is 12.5. The summed E-state index contributed by atoms with van der Waals surface area (Å²) in [4.78, 5) is 24.1. The van der Waals surface area contributed by atoms with E-state index in [0.29, 0.717) is 49.7 Å². The van der Waals surface area contributed by atoms with Crippen LogP contribution in [0.2, 0.25) is 0 Å². The molecule has 1 heterocycles. The molecular weight excluding hydrogens is 338 g/mol. The number of carbonyl (C=O) groups is 2. The van der Waals surface area contributed by atoms with Gasteiger partial charge in [-0.25, -0.2) is 0 Å². The highest BCUT2D eigenvalue weighted by Gasteiger charge is 2.40. The van der Waals surface area contributed by atoms with E-state index in [4.69, 9.17) is 14.2 Å². The molecule has 1 aromatic rings. The second kappa shape index (κ2) is 9.43. The van der Waals surface area contributed by atoms with Crippen molar-refractivity contribution in [3.63, 3.8) is 0 Å². The Bertz CT molecular complexity index is 624. The van der Waals surface area contributed by atoms with Crippen LogP contribution in [0.25, 0.3) is 0 Å². The zero-order valence-corrected chi connectivity index (χ0v) is 15.4. The van der Waals surface area contributed by atoms with Crippen molar-refractivity contribution in [1.82, 2.24) is 5.32 Å². The standard InChI is InChI=1S/C19H27NO6/c1-3-4-9-26-15-6-5-14(12-16(15)24-2)17(21)20-13-19(18(22)23)7-10-25-11-8-19/h5-6,12H,3-4,7-11,13H2,1-2H3,(H,20,21)(H,22,23). The SMILES string of the molecule is CCCCOc1ccc(C(=O)NCC2(C(=O)O)CCOCC2)cc1OC. The lowest BCUT2D eigenvalue weighted by atomic mass is 9.80. The zero-order valence-electron chi connectivity index (χ0n) is 15.4. The minimum Gasteiger partial charge on any atom is -0.493 e. The maximum absolute atomic E-state index is 12.5. The van der Waals surface area contributed by atoms with Crippen LogP contribution < -0.4 is 14.8 Å². The molecule has 2 N–H and O–H groups in total. The van der Waals surface area contributed by atoms with Crippen LogP contribution >= 0.6 is 0 Å². The number of amides is 1. The molecule has 1 aromatic carbocycles. The van der Waals surface area contributed by atoms with Gasteiger partial charge in [-0.3, -0.25) is 9.59 Å². The monoisotopic (exact) mass is 365 g/mol. The highest BCUT2D eigenvalue weighted by molar-refractivity contribution is 5.95. The van der Waals surface area contributed by atoms with E-state index in [0.717, 1.165) is 12.8 Å². The summed E-state index contributed by atoms with van der Waals surface area (Å²) in [5.41, 5.74) is -0.571. The number of methoxy groups -OCH3 is 1. The number of carboxylic acid groups (broad SMARTS) is 1. The average Bonchev–Trinajstić information content (AvgIpc) is 2.67. The molecule has 1 aliphatic rings. The Morgan fingerprint density at radius 3 is 2.62 bits per heavy atom. The molecule has 26 heavy (non-hydrogen) atoms. The number of ether oxygens (including phenoxy) is 3. The van der Waals surface area contributed by atoms with E-state index in [9.17, 15) is 14.7 Å². The molecule has 0 bridgehead atoms. The summed E-state index contributed by atoms with van der Waals surface area (Å²) in [7, 11) is 1.52. The highest BCUT2D eigenvalue weighted by Crippen LogP contribution is 2.31. The summed E-state index contributed by atoms with van der Waals surface area (Å²) in [6.45, 7) is 3.51. The Morgan fingerprint density at radius 1 is 1.27 bits per heavy atom. The topological polar surface area (TPSA) is 94.1 Å². The fourth-order valence-electron chi connectivity index (χ4n) is 2.83. The molecule has 0 atom stereocenters. The molecule has 0 aliphatic carbocycles. The molecule has 0 radical (unpaired) electrons. The van der Waals surface area contributed by atoms with E-state index < -0.39 is 11.4 Å². The molecule has 144 valence electrons. The number of carbonyl (C=O) groups excluding carboxylic acids is 1. The summed E-state index contributed by atoms with van der Waals surface area (Å²) < 4.78 is 16.2. The van der Waals surface area contributed by atoms with E-state index >= 15 is 0 Å². The Morgan fingerprint density at radius 2 is 2.00 bits per heavy atom. The summed E-state index contributed by atoms with van der Waals surface area (Å²) in [6.07, 6.45) is 2.73. The van der Waals surface area contributed by atoms with Crippen LogP contribution in [0.1, 0.15) is 43.0 Å². The van der Waals surface area contributed by atoms with E-state index in [1.807, 2.05) is 0 Å². The maximum Gasteiger partial charge on any atom is 0.311 e. The van der Waals surface area contributed by atoms with Gasteiger partial charge in [0, 0.05) is 25.3 Å². The average molecular weight is 365 g/mol. The number of benzene rings is 1. The fourth-order valence-corrected chi connectivity index (χ4v) is 2.83. The Kier molecular flexibility index (Phi) is 7.26. The number of rotatable bonds is 9. The molecule has 1 amide bonds. The van der Waals surface area contributed by atoms with Gasteiger partial charge in [-0.1, -0.05) is 13.3 Å². The van der Waals surface area contributed by atoms with Crippen LogP contribution in [-0.4, -0.2) is 50.5 Å². The van der Waals surface area contributed by atoms with Crippen LogP contribution in [0.15, 0.2) is 18.2 Å². The molecule has 7 heteroatoms. The summed E-state index contributed by atoms with van der Waals surface area (Å²) in [6, 6.07) is 4.95. The minimum atomic E-state index is -0.971. The first kappa shape index (κ1) is 20.0. The summed E-state index contributed by atoms with van der Waals surface area (Å²) >= 11 is 0. The predicted octanol–water partition coefficient (Wildman–Crippen LogP) is 2.49. The molecule has 0 spiro atoms. The van der Waals surface area contributed by atoms with Crippen molar-refractivity contribution in [3.05, 3.63) is 23.8 Å². The van der Waals surface area contributed by atoms with Crippen molar-refractivity contribution < 1.29 is 28.9 Å². The van der Waals surface area contributed by atoms with Gasteiger partial charge in [-0.05, 0) is 37.5 Å². The first-order valence-electron chi connectivity index (χ1n) is 8.92. The number of carboxylic acids is 1. The molecule has 0 unspecified atom stereocenters.